The Labute approximate surface area is 87.4 Å². The Kier molecular flexibility index (Phi) is 7.48. The lowest BCUT2D eigenvalue weighted by molar-refractivity contribution is -0.148. The molecular weight excluding hydrogens is 178 g/mol. The molecule has 0 heterocycles. The van der Waals surface area contributed by atoms with Crippen LogP contribution in [0.25, 0.3) is 0 Å². The van der Waals surface area contributed by atoms with Crippen LogP contribution in [-0.2, 0) is 9.53 Å². The number of carbonyl (C=O) groups is 1. The van der Waals surface area contributed by atoms with Crippen LogP contribution in [0.5, 0.6) is 0 Å². The van der Waals surface area contributed by atoms with E-state index in [-0.39, 0.29) is 12.0 Å². The fourth-order valence-corrected chi connectivity index (χ4v) is 1.41. The van der Waals surface area contributed by atoms with E-state index in [0.29, 0.717) is 6.61 Å². The molecule has 0 bridgehead atoms. The number of unbranched alkanes of at least 4 members (excludes halogenated alkanes) is 2. The first-order valence-corrected chi connectivity index (χ1v) is 5.46. The minimum absolute atomic E-state index is 0.0681. The molecule has 3 nitrogen and oxygen atoms in total. The molecule has 0 saturated heterocycles. The molecule has 0 rings (SSSR count). The number of likely N-dealkylation sites (N-methyl/N-ethyl adjacent to an activating group) is 1. The van der Waals surface area contributed by atoms with Crippen LogP contribution in [-0.4, -0.2) is 37.6 Å². The van der Waals surface area contributed by atoms with Gasteiger partial charge in [0.05, 0.1) is 6.61 Å². The van der Waals surface area contributed by atoms with E-state index in [1.807, 2.05) is 25.9 Å². The van der Waals surface area contributed by atoms with E-state index >= 15 is 0 Å². The standard InChI is InChI=1S/C11H23NO2/c1-5-7-8-9-10(12(3)4)11(13)14-6-2/h10H,5-9H2,1-4H3. The summed E-state index contributed by atoms with van der Waals surface area (Å²) < 4.78 is 5.02. The summed E-state index contributed by atoms with van der Waals surface area (Å²) >= 11 is 0. The highest BCUT2D eigenvalue weighted by Crippen LogP contribution is 2.09. The molecule has 1 atom stereocenters. The highest BCUT2D eigenvalue weighted by atomic mass is 16.5. The van der Waals surface area contributed by atoms with Gasteiger partial charge in [0.1, 0.15) is 6.04 Å². The molecule has 0 N–H and O–H groups in total. The van der Waals surface area contributed by atoms with Crippen molar-refractivity contribution in [1.82, 2.24) is 4.90 Å². The number of hydrogen-bond acceptors (Lipinski definition) is 3. The van der Waals surface area contributed by atoms with E-state index < -0.39 is 0 Å². The summed E-state index contributed by atoms with van der Waals surface area (Å²) in [4.78, 5) is 13.5. The van der Waals surface area contributed by atoms with Crippen LogP contribution in [0.15, 0.2) is 0 Å². The van der Waals surface area contributed by atoms with Gasteiger partial charge in [0, 0.05) is 0 Å². The van der Waals surface area contributed by atoms with Gasteiger partial charge in [0.25, 0.3) is 0 Å². The molecule has 0 spiro atoms. The molecule has 1 unspecified atom stereocenters. The molecule has 0 aromatic carbocycles. The van der Waals surface area contributed by atoms with E-state index in [1.165, 1.54) is 12.8 Å². The van der Waals surface area contributed by atoms with Crippen molar-refractivity contribution in [3.8, 4) is 0 Å². The quantitative estimate of drug-likeness (QED) is 0.466. The van der Waals surface area contributed by atoms with Crippen LogP contribution in [0.1, 0.15) is 39.5 Å². The predicted octanol–water partition coefficient (Wildman–Crippen LogP) is 2.06. The second-order valence-electron chi connectivity index (χ2n) is 3.73. The van der Waals surface area contributed by atoms with Gasteiger partial charge in [0.15, 0.2) is 0 Å². The van der Waals surface area contributed by atoms with Crippen LogP contribution < -0.4 is 0 Å². The summed E-state index contributed by atoms with van der Waals surface area (Å²) in [6.07, 6.45) is 4.37. The third-order valence-electron chi connectivity index (χ3n) is 2.26. The Morgan fingerprint density at radius 2 is 1.93 bits per heavy atom. The molecule has 0 radical (unpaired) electrons. The number of rotatable bonds is 7. The molecule has 0 saturated carbocycles. The number of nitrogens with zero attached hydrogens (tertiary/aromatic N) is 1. The minimum Gasteiger partial charge on any atom is -0.465 e. The normalized spacial score (nSPS) is 12.9. The van der Waals surface area contributed by atoms with Crippen LogP contribution in [0.4, 0.5) is 0 Å². The van der Waals surface area contributed by atoms with Gasteiger partial charge >= 0.3 is 5.97 Å². The van der Waals surface area contributed by atoms with Crippen molar-refractivity contribution in [3.63, 3.8) is 0 Å². The zero-order valence-corrected chi connectivity index (χ0v) is 9.88. The third kappa shape index (κ3) is 5.22. The lowest BCUT2D eigenvalue weighted by Crippen LogP contribution is -2.37. The number of hydrogen-bond donors (Lipinski definition) is 0. The van der Waals surface area contributed by atoms with Crippen molar-refractivity contribution in [2.24, 2.45) is 0 Å². The predicted molar refractivity (Wildman–Crippen MR) is 58.3 cm³/mol. The van der Waals surface area contributed by atoms with Gasteiger partial charge in [0.2, 0.25) is 0 Å². The smallest absolute Gasteiger partial charge is 0.323 e. The summed E-state index contributed by atoms with van der Waals surface area (Å²) in [5.74, 6) is -0.0893. The average Bonchev–Trinajstić information content (AvgIpc) is 2.12. The van der Waals surface area contributed by atoms with Gasteiger partial charge in [-0.25, -0.2) is 0 Å². The van der Waals surface area contributed by atoms with Gasteiger partial charge in [-0.1, -0.05) is 26.2 Å². The van der Waals surface area contributed by atoms with E-state index in [0.717, 1.165) is 12.8 Å². The second-order valence-corrected chi connectivity index (χ2v) is 3.73. The molecule has 14 heavy (non-hydrogen) atoms. The first-order valence-electron chi connectivity index (χ1n) is 5.46. The van der Waals surface area contributed by atoms with Crippen LogP contribution in [0.2, 0.25) is 0 Å². The number of esters is 1. The van der Waals surface area contributed by atoms with E-state index in [2.05, 4.69) is 6.92 Å². The van der Waals surface area contributed by atoms with Crippen molar-refractivity contribution in [1.29, 1.82) is 0 Å². The maximum Gasteiger partial charge on any atom is 0.323 e. The average molecular weight is 201 g/mol. The second kappa shape index (κ2) is 7.80. The lowest BCUT2D eigenvalue weighted by atomic mass is 10.1. The molecule has 0 amide bonds. The maximum atomic E-state index is 11.5. The van der Waals surface area contributed by atoms with Gasteiger partial charge in [-0.05, 0) is 27.4 Å². The van der Waals surface area contributed by atoms with Crippen LogP contribution in [0.3, 0.4) is 0 Å². The third-order valence-corrected chi connectivity index (χ3v) is 2.26. The largest absolute Gasteiger partial charge is 0.465 e. The molecule has 0 fully saturated rings. The summed E-state index contributed by atoms with van der Waals surface area (Å²) in [7, 11) is 3.85. The summed E-state index contributed by atoms with van der Waals surface area (Å²) in [6.45, 7) is 4.47. The van der Waals surface area contributed by atoms with Gasteiger partial charge in [-0.2, -0.15) is 0 Å². The molecule has 3 heteroatoms. The highest BCUT2D eigenvalue weighted by molar-refractivity contribution is 5.75. The van der Waals surface area contributed by atoms with Crippen molar-refractivity contribution in [2.75, 3.05) is 20.7 Å². The van der Waals surface area contributed by atoms with Gasteiger partial charge < -0.3 is 4.74 Å². The molecule has 0 aliphatic heterocycles. The van der Waals surface area contributed by atoms with Crippen LogP contribution in [0, 0.1) is 0 Å². The zero-order chi connectivity index (χ0) is 11.0. The molecule has 0 aliphatic carbocycles. The molecule has 84 valence electrons. The zero-order valence-electron chi connectivity index (χ0n) is 9.88. The summed E-state index contributed by atoms with van der Waals surface area (Å²) in [5.41, 5.74) is 0. The lowest BCUT2D eigenvalue weighted by Gasteiger charge is -2.22. The van der Waals surface area contributed by atoms with Crippen molar-refractivity contribution in [3.05, 3.63) is 0 Å². The molecule has 0 aromatic rings. The molecule has 0 aromatic heterocycles. The van der Waals surface area contributed by atoms with E-state index in [4.69, 9.17) is 4.74 Å². The van der Waals surface area contributed by atoms with E-state index in [1.54, 1.807) is 0 Å². The first kappa shape index (κ1) is 13.4. The highest BCUT2D eigenvalue weighted by Gasteiger charge is 2.20. The topological polar surface area (TPSA) is 29.5 Å². The Hall–Kier alpha value is -0.570. The monoisotopic (exact) mass is 201 g/mol. The Morgan fingerprint density at radius 1 is 1.29 bits per heavy atom. The first-order chi connectivity index (χ1) is 6.63. The van der Waals surface area contributed by atoms with Crippen LogP contribution >= 0.6 is 0 Å². The Bertz CT molecular complexity index is 157. The van der Waals surface area contributed by atoms with Gasteiger partial charge in [-0.15, -0.1) is 0 Å². The fraction of sp³-hybridized carbons (Fsp3) is 0.909. The Morgan fingerprint density at radius 3 is 2.36 bits per heavy atom. The Balaban J connectivity index is 3.95. The van der Waals surface area contributed by atoms with Gasteiger partial charge in [-0.3, -0.25) is 9.69 Å². The fourth-order valence-electron chi connectivity index (χ4n) is 1.41. The van der Waals surface area contributed by atoms with Crippen molar-refractivity contribution in [2.45, 2.75) is 45.6 Å². The van der Waals surface area contributed by atoms with E-state index in [9.17, 15) is 4.79 Å². The SMILES string of the molecule is CCCCCC(C(=O)OCC)N(C)C. The minimum atomic E-state index is -0.0893. The summed E-state index contributed by atoms with van der Waals surface area (Å²) in [5, 5.41) is 0. The molecular formula is C11H23NO2. The molecule has 0 aliphatic rings. The number of ether oxygens (including phenoxy) is 1. The maximum absolute atomic E-state index is 11.5. The van der Waals surface area contributed by atoms with Crippen molar-refractivity contribution >= 4 is 5.97 Å². The van der Waals surface area contributed by atoms with Crippen molar-refractivity contribution < 1.29 is 9.53 Å². The summed E-state index contributed by atoms with van der Waals surface area (Å²) in [6, 6.07) is -0.0681. The number of carbonyl (C=O) groups excluding carboxylic acids is 1.